The van der Waals surface area contributed by atoms with Gasteiger partial charge in [0.1, 0.15) is 0 Å². The monoisotopic (exact) mass is 300 g/mol. The Morgan fingerprint density at radius 2 is 2.00 bits per heavy atom. The SMILES string of the molecule is O=C(CCNC1CCCC1)Nc1cc(Cl)ccc1Cl. The molecule has 1 fully saturated rings. The molecule has 1 aliphatic rings. The van der Waals surface area contributed by atoms with Crippen molar-refractivity contribution in [3.63, 3.8) is 0 Å². The van der Waals surface area contributed by atoms with Crippen molar-refractivity contribution in [2.45, 2.75) is 38.1 Å². The first-order valence-electron chi connectivity index (χ1n) is 6.63. The molecule has 3 nitrogen and oxygen atoms in total. The number of carbonyl (C=O) groups is 1. The highest BCUT2D eigenvalue weighted by molar-refractivity contribution is 6.35. The van der Waals surface area contributed by atoms with Gasteiger partial charge in [-0.2, -0.15) is 0 Å². The summed E-state index contributed by atoms with van der Waals surface area (Å²) in [7, 11) is 0. The maximum atomic E-state index is 11.8. The van der Waals surface area contributed by atoms with Crippen LogP contribution in [0.4, 0.5) is 5.69 Å². The van der Waals surface area contributed by atoms with Crippen LogP contribution < -0.4 is 10.6 Å². The lowest BCUT2D eigenvalue weighted by Gasteiger charge is -2.12. The van der Waals surface area contributed by atoms with Gasteiger partial charge in [-0.05, 0) is 31.0 Å². The molecule has 104 valence electrons. The Labute approximate surface area is 123 Å². The van der Waals surface area contributed by atoms with Gasteiger partial charge in [-0.25, -0.2) is 0 Å². The highest BCUT2D eigenvalue weighted by Gasteiger charge is 2.14. The minimum Gasteiger partial charge on any atom is -0.325 e. The summed E-state index contributed by atoms with van der Waals surface area (Å²) in [6, 6.07) is 5.62. The maximum Gasteiger partial charge on any atom is 0.225 e. The fourth-order valence-electron chi connectivity index (χ4n) is 2.33. The van der Waals surface area contributed by atoms with Crippen LogP contribution in [0.3, 0.4) is 0 Å². The lowest BCUT2D eigenvalue weighted by Crippen LogP contribution is -2.29. The summed E-state index contributed by atoms with van der Waals surface area (Å²) < 4.78 is 0. The number of rotatable bonds is 5. The fourth-order valence-corrected chi connectivity index (χ4v) is 2.66. The molecular formula is C14H18Cl2N2O. The van der Waals surface area contributed by atoms with Crippen molar-refractivity contribution in [2.75, 3.05) is 11.9 Å². The number of hydrogen-bond acceptors (Lipinski definition) is 2. The number of anilines is 1. The van der Waals surface area contributed by atoms with E-state index in [0.29, 0.717) is 34.7 Å². The second kappa shape index (κ2) is 7.13. The first kappa shape index (κ1) is 14.6. The number of nitrogens with one attached hydrogen (secondary N) is 2. The Kier molecular flexibility index (Phi) is 5.49. The second-order valence-corrected chi connectivity index (χ2v) is 5.70. The molecule has 0 bridgehead atoms. The summed E-state index contributed by atoms with van der Waals surface area (Å²) in [5.41, 5.74) is 0.569. The van der Waals surface area contributed by atoms with Gasteiger partial charge in [0.05, 0.1) is 10.7 Å². The summed E-state index contributed by atoms with van der Waals surface area (Å²) in [6.07, 6.45) is 5.48. The molecule has 0 aliphatic heterocycles. The van der Waals surface area contributed by atoms with Gasteiger partial charge in [-0.3, -0.25) is 4.79 Å². The Morgan fingerprint density at radius 3 is 2.74 bits per heavy atom. The number of amides is 1. The van der Waals surface area contributed by atoms with E-state index in [1.807, 2.05) is 0 Å². The molecule has 2 N–H and O–H groups in total. The third-order valence-corrected chi connectivity index (χ3v) is 3.91. The van der Waals surface area contributed by atoms with E-state index in [1.54, 1.807) is 18.2 Å². The van der Waals surface area contributed by atoms with Crippen molar-refractivity contribution in [3.05, 3.63) is 28.2 Å². The predicted octanol–water partition coefficient (Wildman–Crippen LogP) is 3.85. The molecule has 0 heterocycles. The van der Waals surface area contributed by atoms with Crippen molar-refractivity contribution < 1.29 is 4.79 Å². The van der Waals surface area contributed by atoms with Crippen molar-refractivity contribution >= 4 is 34.8 Å². The van der Waals surface area contributed by atoms with Crippen molar-refractivity contribution in [2.24, 2.45) is 0 Å². The highest BCUT2D eigenvalue weighted by atomic mass is 35.5. The molecule has 1 aliphatic carbocycles. The predicted molar refractivity (Wildman–Crippen MR) is 80.0 cm³/mol. The summed E-state index contributed by atoms with van der Waals surface area (Å²) >= 11 is 11.9. The van der Waals surface area contributed by atoms with Crippen LogP contribution in [0.25, 0.3) is 0 Å². The van der Waals surface area contributed by atoms with E-state index in [2.05, 4.69) is 10.6 Å². The summed E-state index contributed by atoms with van der Waals surface area (Å²) in [5.74, 6) is -0.0466. The van der Waals surface area contributed by atoms with E-state index in [-0.39, 0.29) is 5.91 Å². The maximum absolute atomic E-state index is 11.8. The topological polar surface area (TPSA) is 41.1 Å². The van der Waals surface area contributed by atoms with Crippen LogP contribution in [0.15, 0.2) is 18.2 Å². The number of benzene rings is 1. The van der Waals surface area contributed by atoms with Gasteiger partial charge in [0.15, 0.2) is 0 Å². The average Bonchev–Trinajstić information content (AvgIpc) is 2.87. The molecule has 5 heteroatoms. The van der Waals surface area contributed by atoms with Gasteiger partial charge < -0.3 is 10.6 Å². The Bertz CT molecular complexity index is 445. The number of hydrogen-bond donors (Lipinski definition) is 2. The molecule has 0 unspecified atom stereocenters. The van der Waals surface area contributed by atoms with E-state index in [4.69, 9.17) is 23.2 Å². The van der Waals surface area contributed by atoms with E-state index in [9.17, 15) is 4.79 Å². The number of carbonyl (C=O) groups excluding carboxylic acids is 1. The normalized spacial score (nSPS) is 15.7. The molecule has 0 spiro atoms. The standard InChI is InChI=1S/C14H18Cl2N2O/c15-10-5-6-12(16)13(9-10)18-14(19)7-8-17-11-3-1-2-4-11/h5-6,9,11,17H,1-4,7-8H2,(H,18,19). The summed E-state index contributed by atoms with van der Waals surface area (Å²) in [4.78, 5) is 11.8. The Morgan fingerprint density at radius 1 is 1.26 bits per heavy atom. The molecule has 1 amide bonds. The van der Waals surface area contributed by atoms with Crippen LogP contribution in [-0.2, 0) is 4.79 Å². The van der Waals surface area contributed by atoms with Crippen LogP contribution in [0.5, 0.6) is 0 Å². The first-order chi connectivity index (χ1) is 9.15. The minimum atomic E-state index is -0.0466. The van der Waals surface area contributed by atoms with Crippen LogP contribution in [0, 0.1) is 0 Å². The summed E-state index contributed by atoms with van der Waals surface area (Å²) in [6.45, 7) is 0.703. The van der Waals surface area contributed by atoms with E-state index in [0.717, 1.165) is 0 Å². The van der Waals surface area contributed by atoms with Crippen LogP contribution in [0.1, 0.15) is 32.1 Å². The zero-order valence-electron chi connectivity index (χ0n) is 10.7. The third kappa shape index (κ3) is 4.68. The van der Waals surface area contributed by atoms with Gasteiger partial charge in [0, 0.05) is 24.0 Å². The highest BCUT2D eigenvalue weighted by Crippen LogP contribution is 2.25. The molecule has 0 atom stereocenters. The van der Waals surface area contributed by atoms with Gasteiger partial charge in [0.25, 0.3) is 0 Å². The van der Waals surface area contributed by atoms with E-state index in [1.165, 1.54) is 25.7 Å². The van der Waals surface area contributed by atoms with Crippen LogP contribution >= 0.6 is 23.2 Å². The van der Waals surface area contributed by atoms with Gasteiger partial charge in [-0.15, -0.1) is 0 Å². The largest absolute Gasteiger partial charge is 0.325 e. The third-order valence-electron chi connectivity index (χ3n) is 3.34. The smallest absolute Gasteiger partial charge is 0.225 e. The Balaban J connectivity index is 1.75. The molecule has 1 aromatic rings. The quantitative estimate of drug-likeness (QED) is 0.867. The lowest BCUT2D eigenvalue weighted by atomic mass is 10.2. The molecule has 0 aromatic heterocycles. The van der Waals surface area contributed by atoms with Crippen molar-refractivity contribution in [3.8, 4) is 0 Å². The lowest BCUT2D eigenvalue weighted by molar-refractivity contribution is -0.116. The Hall–Kier alpha value is -0.770. The molecule has 0 saturated heterocycles. The van der Waals surface area contributed by atoms with Crippen LogP contribution in [0.2, 0.25) is 10.0 Å². The van der Waals surface area contributed by atoms with Gasteiger partial charge in [0.2, 0.25) is 5.91 Å². The summed E-state index contributed by atoms with van der Waals surface area (Å²) in [5, 5.41) is 7.25. The van der Waals surface area contributed by atoms with Gasteiger partial charge >= 0.3 is 0 Å². The molecule has 1 aromatic carbocycles. The fraction of sp³-hybridized carbons (Fsp3) is 0.500. The molecule has 1 saturated carbocycles. The second-order valence-electron chi connectivity index (χ2n) is 4.86. The van der Waals surface area contributed by atoms with Gasteiger partial charge in [-0.1, -0.05) is 36.0 Å². The molecule has 0 radical (unpaired) electrons. The van der Waals surface area contributed by atoms with Crippen molar-refractivity contribution in [1.29, 1.82) is 0 Å². The van der Waals surface area contributed by atoms with Crippen molar-refractivity contribution in [1.82, 2.24) is 5.32 Å². The minimum absolute atomic E-state index is 0.0466. The average molecular weight is 301 g/mol. The number of halogens is 2. The zero-order chi connectivity index (χ0) is 13.7. The zero-order valence-corrected chi connectivity index (χ0v) is 12.2. The first-order valence-corrected chi connectivity index (χ1v) is 7.39. The molecule has 19 heavy (non-hydrogen) atoms. The van der Waals surface area contributed by atoms with E-state index >= 15 is 0 Å². The molecular weight excluding hydrogens is 283 g/mol. The van der Waals surface area contributed by atoms with E-state index < -0.39 is 0 Å². The molecule has 2 rings (SSSR count). The van der Waals surface area contributed by atoms with Crippen LogP contribution in [-0.4, -0.2) is 18.5 Å².